The second-order valence-electron chi connectivity index (χ2n) is 16.6. The third-order valence-corrected chi connectivity index (χ3v) is 12.1. The van der Waals surface area contributed by atoms with Gasteiger partial charge in [0.2, 0.25) is 0 Å². The maximum Gasteiger partial charge on any atom is 0.330 e. The van der Waals surface area contributed by atoms with Crippen molar-refractivity contribution in [2.75, 3.05) is 0 Å². The summed E-state index contributed by atoms with van der Waals surface area (Å²) >= 11 is 0. The van der Waals surface area contributed by atoms with Gasteiger partial charge in [0.15, 0.2) is 0 Å². The first-order valence-electron chi connectivity index (χ1n) is 19.9. The van der Waals surface area contributed by atoms with Crippen molar-refractivity contribution in [2.24, 2.45) is 0 Å². The molecule has 4 heterocycles. The number of rotatable bonds is 5. The van der Waals surface area contributed by atoms with E-state index in [9.17, 15) is 5.11 Å². The van der Waals surface area contributed by atoms with Crippen molar-refractivity contribution in [1.29, 1.82) is 0 Å². The molecule has 1 N–H and O–H groups in total. The molecule has 4 nitrogen and oxygen atoms in total. The highest BCUT2D eigenvalue weighted by Gasteiger charge is 2.35. The Morgan fingerprint density at radius 2 is 1.38 bits per heavy atom. The van der Waals surface area contributed by atoms with E-state index in [1.807, 2.05) is 30.3 Å². The number of phenolic OH excluding ortho intramolecular Hbond substituents is 1. The average molecular weight is 714 g/mol. The van der Waals surface area contributed by atoms with E-state index in [1.54, 1.807) is 6.07 Å². The lowest BCUT2D eigenvalue weighted by atomic mass is 9.48. The normalized spacial score (nSPS) is 14.4. The molecular formula is C50H44BN3O. The van der Waals surface area contributed by atoms with Crippen LogP contribution in [0.25, 0.3) is 66.8 Å². The summed E-state index contributed by atoms with van der Waals surface area (Å²) in [5.74, 6) is 0.847. The average Bonchev–Trinajstić information content (AvgIpc) is 3.55. The van der Waals surface area contributed by atoms with Gasteiger partial charge in [-0.3, -0.25) is 0 Å². The van der Waals surface area contributed by atoms with E-state index in [4.69, 9.17) is 9.97 Å². The van der Waals surface area contributed by atoms with Crippen LogP contribution in [0.1, 0.15) is 69.9 Å². The molecule has 8 aromatic rings. The summed E-state index contributed by atoms with van der Waals surface area (Å²) in [6, 6.07) is 49.7. The van der Waals surface area contributed by atoms with Crippen molar-refractivity contribution < 1.29 is 5.11 Å². The molecule has 1 fully saturated rings. The van der Waals surface area contributed by atoms with Crippen molar-refractivity contribution in [3.63, 3.8) is 0 Å². The molecule has 10 rings (SSSR count). The molecule has 268 valence electrons. The Balaban J connectivity index is 1.17. The number of benzene rings is 5. The molecule has 2 aliphatic rings. The topological polar surface area (TPSA) is 50.9 Å². The minimum atomic E-state index is -0.158. The van der Waals surface area contributed by atoms with Crippen LogP contribution in [0.5, 0.6) is 5.75 Å². The van der Waals surface area contributed by atoms with Crippen LogP contribution >= 0.6 is 0 Å². The van der Waals surface area contributed by atoms with Gasteiger partial charge in [0.25, 0.3) is 0 Å². The molecule has 0 atom stereocenters. The molecule has 0 saturated heterocycles. The number of hydrogen-bond donors (Lipinski definition) is 1. The first-order chi connectivity index (χ1) is 26.8. The lowest BCUT2D eigenvalue weighted by molar-refractivity contribution is 0.444. The van der Waals surface area contributed by atoms with E-state index in [0.29, 0.717) is 11.5 Å². The van der Waals surface area contributed by atoms with E-state index >= 15 is 0 Å². The minimum absolute atomic E-state index is 0.0321. The summed E-state index contributed by atoms with van der Waals surface area (Å²) < 4.78 is 2.57. The molecule has 5 aromatic carbocycles. The Morgan fingerprint density at radius 3 is 2.16 bits per heavy atom. The van der Waals surface area contributed by atoms with Gasteiger partial charge in [-0.05, 0) is 94.4 Å². The first-order valence-corrected chi connectivity index (χ1v) is 19.9. The maximum atomic E-state index is 11.3. The number of hydrogen-bond acceptors (Lipinski definition) is 3. The van der Waals surface area contributed by atoms with Gasteiger partial charge >= 0.3 is 6.85 Å². The van der Waals surface area contributed by atoms with E-state index < -0.39 is 0 Å². The maximum absolute atomic E-state index is 11.3. The van der Waals surface area contributed by atoms with E-state index in [0.717, 1.165) is 45.0 Å². The van der Waals surface area contributed by atoms with E-state index in [-0.39, 0.29) is 18.0 Å². The van der Waals surface area contributed by atoms with Crippen LogP contribution in [0.2, 0.25) is 0 Å². The molecule has 0 radical (unpaired) electrons. The first kappa shape index (κ1) is 33.6. The number of aromatic hydroxyl groups is 1. The number of pyridine rings is 2. The number of nitrogens with zero attached hydrogens (tertiary/aromatic N) is 3. The third-order valence-electron chi connectivity index (χ3n) is 12.1. The quantitative estimate of drug-likeness (QED) is 0.181. The molecule has 1 aliphatic carbocycles. The summed E-state index contributed by atoms with van der Waals surface area (Å²) in [6.45, 7) is 6.63. The fourth-order valence-electron chi connectivity index (χ4n) is 9.21. The predicted molar refractivity (Wildman–Crippen MR) is 230 cm³/mol. The minimum Gasteiger partial charge on any atom is -0.507 e. The van der Waals surface area contributed by atoms with Gasteiger partial charge in [-0.1, -0.05) is 143 Å². The van der Waals surface area contributed by atoms with Crippen LogP contribution in [-0.4, -0.2) is 26.4 Å². The number of para-hydroxylation sites is 1. The Morgan fingerprint density at radius 1 is 0.618 bits per heavy atom. The molecule has 1 aliphatic heterocycles. The molecule has 0 bridgehead atoms. The summed E-state index contributed by atoms with van der Waals surface area (Å²) in [6.07, 6.45) is 6.57. The van der Waals surface area contributed by atoms with Crippen LogP contribution in [0, 0.1) is 0 Å². The smallest absolute Gasteiger partial charge is 0.330 e. The molecule has 0 amide bonds. The molecule has 3 aromatic heterocycles. The Kier molecular flexibility index (Phi) is 8.02. The highest BCUT2D eigenvalue weighted by molar-refractivity contribution is 6.87. The van der Waals surface area contributed by atoms with E-state index in [2.05, 4.69) is 128 Å². The zero-order valence-corrected chi connectivity index (χ0v) is 31.8. The summed E-state index contributed by atoms with van der Waals surface area (Å²) in [7, 11) is 0. The Bertz CT molecular complexity index is 2740. The van der Waals surface area contributed by atoms with Gasteiger partial charge in [0.1, 0.15) is 5.75 Å². The lowest BCUT2D eigenvalue weighted by Gasteiger charge is -2.27. The van der Waals surface area contributed by atoms with Crippen molar-refractivity contribution in [1.82, 2.24) is 14.4 Å². The molecule has 55 heavy (non-hydrogen) atoms. The SMILES string of the molecule is CC(C)(C)c1cc(-c2ccc3c(n2)-c2cccc4c5cc(C6CCCCC6)ccc5n(c24)B3c2ccccc2)nc(-c2cc(-c3ccccc3)ccc2O)c1. The molecule has 0 unspecified atom stereocenters. The van der Waals surface area contributed by atoms with Gasteiger partial charge < -0.3 is 9.58 Å². The second kappa shape index (κ2) is 13.1. The highest BCUT2D eigenvalue weighted by atomic mass is 16.3. The third kappa shape index (κ3) is 5.76. The molecule has 0 spiro atoms. The van der Waals surface area contributed by atoms with Crippen LogP contribution in [0.3, 0.4) is 0 Å². The van der Waals surface area contributed by atoms with Crippen molar-refractivity contribution >= 4 is 39.6 Å². The van der Waals surface area contributed by atoms with Gasteiger partial charge in [-0.15, -0.1) is 0 Å². The zero-order chi connectivity index (χ0) is 37.3. The summed E-state index contributed by atoms with van der Waals surface area (Å²) in [5, 5.41) is 13.9. The van der Waals surface area contributed by atoms with Crippen molar-refractivity contribution in [3.05, 3.63) is 151 Å². The lowest BCUT2D eigenvalue weighted by Crippen LogP contribution is -2.51. The fourth-order valence-corrected chi connectivity index (χ4v) is 9.21. The van der Waals surface area contributed by atoms with Gasteiger partial charge in [0, 0.05) is 32.9 Å². The van der Waals surface area contributed by atoms with Crippen LogP contribution in [0.15, 0.2) is 140 Å². The summed E-state index contributed by atoms with van der Waals surface area (Å²) in [5.41, 5.74) is 14.7. The van der Waals surface area contributed by atoms with E-state index in [1.165, 1.54) is 70.4 Å². The molecule has 5 heteroatoms. The number of fused-ring (bicyclic) bond motifs is 5. The van der Waals surface area contributed by atoms with Crippen molar-refractivity contribution in [2.45, 2.75) is 64.2 Å². The second-order valence-corrected chi connectivity index (χ2v) is 16.6. The predicted octanol–water partition coefficient (Wildman–Crippen LogP) is 11.3. The molecular weight excluding hydrogens is 669 g/mol. The van der Waals surface area contributed by atoms with Gasteiger partial charge in [0.05, 0.1) is 22.8 Å². The van der Waals surface area contributed by atoms with Crippen molar-refractivity contribution in [3.8, 4) is 50.8 Å². The highest BCUT2D eigenvalue weighted by Crippen LogP contribution is 2.42. The summed E-state index contributed by atoms with van der Waals surface area (Å²) in [4.78, 5) is 10.8. The largest absolute Gasteiger partial charge is 0.507 e. The zero-order valence-electron chi connectivity index (χ0n) is 31.8. The number of phenols is 1. The van der Waals surface area contributed by atoms with Crippen LogP contribution in [-0.2, 0) is 5.41 Å². The van der Waals surface area contributed by atoms with Crippen LogP contribution < -0.4 is 10.9 Å². The molecule has 1 saturated carbocycles. The fraction of sp³-hybridized carbons (Fsp3) is 0.200. The van der Waals surface area contributed by atoms with Gasteiger partial charge in [-0.25, -0.2) is 9.97 Å². The van der Waals surface area contributed by atoms with Gasteiger partial charge in [-0.2, -0.15) is 0 Å². The Labute approximate surface area is 323 Å². The monoisotopic (exact) mass is 713 g/mol. The van der Waals surface area contributed by atoms with Crippen LogP contribution in [0.4, 0.5) is 0 Å². The Hall–Kier alpha value is -5.94. The number of aromatic nitrogens is 3. The standard InChI is InChI=1S/C50H44BN3O/c1-50(2,3)36-30-44(41-29-35(23-27-47(41)55)33-16-9-5-10-17-33)52-45(31-36)43-25-24-42-48(53-43)39-21-13-20-38-40-28-34(32-14-7-4-8-15-32)22-26-46(40)54(49(38)39)51(42)37-18-11-6-12-19-37/h5-6,9-13,16-32,55H,4,7-8,14-15H2,1-3H3.